The van der Waals surface area contributed by atoms with E-state index in [-0.39, 0.29) is 30.3 Å². The predicted molar refractivity (Wildman–Crippen MR) is 130 cm³/mol. The molecule has 1 saturated carbocycles. The Bertz CT molecular complexity index is 1210. The fraction of sp³-hybridized carbons (Fsp3) is 0.231. The zero-order valence-electron chi connectivity index (χ0n) is 18.4. The lowest BCUT2D eigenvalue weighted by atomic mass is 10.0. The molecule has 1 fully saturated rings. The topological polar surface area (TPSA) is 91.4 Å². The third-order valence-corrected chi connectivity index (χ3v) is 6.96. The maximum Gasteiger partial charge on any atom is 0.255 e. The minimum absolute atomic E-state index is 0.0963. The molecule has 0 radical (unpaired) electrons. The van der Waals surface area contributed by atoms with Crippen LogP contribution in [0.25, 0.3) is 0 Å². The standard InChI is InChI=1S/C26H24N4O3S/c31-23(29-18-7-11-20(12-8-18)34-16-17-4-3-13-27-14-17)15-28-25(32)24-21-5-1-2-6-22(21)26(33)30(24)19-9-10-19/h1-8,11-14,19,24H,9-10,15-16H2,(H,28,32)(H,29,31). The van der Waals surface area contributed by atoms with E-state index in [9.17, 15) is 14.4 Å². The van der Waals surface area contributed by atoms with Crippen molar-refractivity contribution in [3.63, 3.8) is 0 Å². The second-order valence-electron chi connectivity index (χ2n) is 8.37. The highest BCUT2D eigenvalue weighted by molar-refractivity contribution is 7.98. The summed E-state index contributed by atoms with van der Waals surface area (Å²) in [5.74, 6) is 0.0577. The average molecular weight is 473 g/mol. The Labute approximate surface area is 202 Å². The number of hydrogen-bond acceptors (Lipinski definition) is 5. The van der Waals surface area contributed by atoms with Crippen molar-refractivity contribution in [2.24, 2.45) is 0 Å². The Hall–Kier alpha value is -3.65. The highest BCUT2D eigenvalue weighted by atomic mass is 32.2. The van der Waals surface area contributed by atoms with Crippen LogP contribution in [0.15, 0.2) is 78.0 Å². The van der Waals surface area contributed by atoms with Crippen molar-refractivity contribution in [2.45, 2.75) is 35.6 Å². The number of aromatic nitrogens is 1. The molecule has 172 valence electrons. The largest absolute Gasteiger partial charge is 0.345 e. The summed E-state index contributed by atoms with van der Waals surface area (Å²) in [6, 6.07) is 18.1. The molecule has 2 aromatic carbocycles. The first-order valence-electron chi connectivity index (χ1n) is 11.2. The highest BCUT2D eigenvalue weighted by Crippen LogP contribution is 2.41. The van der Waals surface area contributed by atoms with Crippen molar-refractivity contribution < 1.29 is 14.4 Å². The summed E-state index contributed by atoms with van der Waals surface area (Å²) < 4.78 is 0. The first-order chi connectivity index (χ1) is 16.6. The van der Waals surface area contributed by atoms with Crippen molar-refractivity contribution in [3.8, 4) is 0 Å². The molecule has 3 amide bonds. The van der Waals surface area contributed by atoms with Crippen molar-refractivity contribution in [3.05, 3.63) is 89.7 Å². The normalized spacial score (nSPS) is 16.8. The Balaban J connectivity index is 1.15. The molecule has 0 spiro atoms. The zero-order valence-corrected chi connectivity index (χ0v) is 19.3. The predicted octanol–water partition coefficient (Wildman–Crippen LogP) is 3.79. The highest BCUT2D eigenvalue weighted by Gasteiger charge is 2.47. The maximum atomic E-state index is 13.0. The molecule has 1 aliphatic heterocycles. The van der Waals surface area contributed by atoms with Gasteiger partial charge in [0.15, 0.2) is 0 Å². The molecule has 1 unspecified atom stereocenters. The SMILES string of the molecule is O=C(CNC(=O)C1c2ccccc2C(=O)N1C1CC1)Nc1ccc(SCc2cccnc2)cc1. The number of nitrogens with zero attached hydrogens (tertiary/aromatic N) is 2. The molecule has 1 atom stereocenters. The molecule has 8 heteroatoms. The third-order valence-electron chi connectivity index (χ3n) is 5.88. The van der Waals surface area contributed by atoms with Gasteiger partial charge in [-0.05, 0) is 60.4 Å². The van der Waals surface area contributed by atoms with E-state index in [0.29, 0.717) is 16.8 Å². The van der Waals surface area contributed by atoms with Crippen LogP contribution in [0.2, 0.25) is 0 Å². The smallest absolute Gasteiger partial charge is 0.255 e. The summed E-state index contributed by atoms with van der Waals surface area (Å²) in [4.78, 5) is 45.1. The van der Waals surface area contributed by atoms with Gasteiger partial charge in [-0.15, -0.1) is 11.8 Å². The van der Waals surface area contributed by atoms with Crippen molar-refractivity contribution in [2.75, 3.05) is 11.9 Å². The minimum atomic E-state index is -0.680. The van der Waals surface area contributed by atoms with E-state index < -0.39 is 6.04 Å². The lowest BCUT2D eigenvalue weighted by molar-refractivity contribution is -0.127. The third kappa shape index (κ3) is 4.82. The monoisotopic (exact) mass is 472 g/mol. The number of nitrogens with one attached hydrogen (secondary N) is 2. The number of fused-ring (bicyclic) bond motifs is 1. The summed E-state index contributed by atoms with van der Waals surface area (Å²) in [7, 11) is 0. The Kier molecular flexibility index (Phi) is 6.31. The van der Waals surface area contributed by atoms with E-state index in [2.05, 4.69) is 15.6 Å². The Morgan fingerprint density at radius 2 is 1.82 bits per heavy atom. The van der Waals surface area contributed by atoms with Crippen LogP contribution in [0.4, 0.5) is 5.69 Å². The summed E-state index contributed by atoms with van der Waals surface area (Å²) in [5.41, 5.74) is 3.08. The summed E-state index contributed by atoms with van der Waals surface area (Å²) in [6.07, 6.45) is 5.41. The van der Waals surface area contributed by atoms with Crippen LogP contribution in [0.1, 0.15) is 40.4 Å². The molecule has 7 nitrogen and oxygen atoms in total. The summed E-state index contributed by atoms with van der Waals surface area (Å²) >= 11 is 1.69. The quantitative estimate of drug-likeness (QED) is 0.487. The minimum Gasteiger partial charge on any atom is -0.345 e. The number of pyridine rings is 1. The van der Waals surface area contributed by atoms with Crippen molar-refractivity contribution in [1.29, 1.82) is 0 Å². The van der Waals surface area contributed by atoms with Crippen LogP contribution in [0.5, 0.6) is 0 Å². The zero-order chi connectivity index (χ0) is 23.5. The molecule has 0 bridgehead atoms. The van der Waals surface area contributed by atoms with E-state index in [4.69, 9.17) is 0 Å². The second-order valence-corrected chi connectivity index (χ2v) is 9.42. The van der Waals surface area contributed by atoms with Gasteiger partial charge in [0.05, 0.1) is 6.54 Å². The number of carbonyl (C=O) groups is 3. The number of carbonyl (C=O) groups excluding carboxylic acids is 3. The average Bonchev–Trinajstić information content (AvgIpc) is 3.66. The van der Waals surface area contributed by atoms with Crippen molar-refractivity contribution in [1.82, 2.24) is 15.2 Å². The summed E-state index contributed by atoms with van der Waals surface area (Å²) in [6.45, 7) is -0.165. The van der Waals surface area contributed by atoms with Crippen LogP contribution in [-0.2, 0) is 15.3 Å². The number of amides is 3. The second kappa shape index (κ2) is 9.69. The first-order valence-corrected chi connectivity index (χ1v) is 12.2. The molecule has 3 aromatic rings. The maximum absolute atomic E-state index is 13.0. The van der Waals surface area contributed by atoms with E-state index in [1.54, 1.807) is 35.0 Å². The number of rotatable bonds is 8. The van der Waals surface area contributed by atoms with E-state index in [1.807, 2.05) is 54.7 Å². The van der Waals surface area contributed by atoms with Gasteiger partial charge in [0.2, 0.25) is 11.8 Å². The molecule has 34 heavy (non-hydrogen) atoms. The molecular weight excluding hydrogens is 448 g/mol. The van der Waals surface area contributed by atoms with Gasteiger partial charge in [0, 0.05) is 40.3 Å². The van der Waals surface area contributed by atoms with Gasteiger partial charge in [-0.2, -0.15) is 0 Å². The van der Waals surface area contributed by atoms with Crippen LogP contribution in [0, 0.1) is 0 Å². The number of thioether (sulfide) groups is 1. The van der Waals surface area contributed by atoms with Gasteiger partial charge >= 0.3 is 0 Å². The number of hydrogen-bond donors (Lipinski definition) is 2. The summed E-state index contributed by atoms with van der Waals surface area (Å²) in [5, 5.41) is 5.52. The van der Waals surface area contributed by atoms with Crippen LogP contribution >= 0.6 is 11.8 Å². The molecule has 2 N–H and O–H groups in total. The lowest BCUT2D eigenvalue weighted by Gasteiger charge is -2.24. The number of anilines is 1. The molecule has 1 aromatic heterocycles. The Morgan fingerprint density at radius 3 is 2.56 bits per heavy atom. The van der Waals surface area contributed by atoms with Crippen LogP contribution in [-0.4, -0.2) is 40.2 Å². The number of benzene rings is 2. The molecule has 5 rings (SSSR count). The van der Waals surface area contributed by atoms with E-state index in [0.717, 1.165) is 29.1 Å². The Morgan fingerprint density at radius 1 is 1.03 bits per heavy atom. The molecule has 1 aliphatic carbocycles. The molecule has 2 aliphatic rings. The molecule has 0 saturated heterocycles. The van der Waals surface area contributed by atoms with Gasteiger partial charge in [-0.1, -0.05) is 24.3 Å². The van der Waals surface area contributed by atoms with Gasteiger partial charge in [-0.25, -0.2) is 0 Å². The fourth-order valence-corrected chi connectivity index (χ4v) is 4.92. The first kappa shape index (κ1) is 22.2. The van der Waals surface area contributed by atoms with Gasteiger partial charge < -0.3 is 15.5 Å². The fourth-order valence-electron chi connectivity index (χ4n) is 4.09. The van der Waals surface area contributed by atoms with Crippen molar-refractivity contribution >= 4 is 35.2 Å². The molecular formula is C26H24N4O3S. The molecule has 2 heterocycles. The van der Waals surface area contributed by atoms with E-state index in [1.165, 1.54) is 0 Å². The van der Waals surface area contributed by atoms with Gasteiger partial charge in [0.25, 0.3) is 5.91 Å². The van der Waals surface area contributed by atoms with Crippen LogP contribution < -0.4 is 10.6 Å². The lowest BCUT2D eigenvalue weighted by Crippen LogP contribution is -2.42. The van der Waals surface area contributed by atoms with Gasteiger partial charge in [-0.3, -0.25) is 19.4 Å². The van der Waals surface area contributed by atoms with E-state index >= 15 is 0 Å². The van der Waals surface area contributed by atoms with Crippen LogP contribution in [0.3, 0.4) is 0 Å². The van der Waals surface area contributed by atoms with Gasteiger partial charge in [0.1, 0.15) is 6.04 Å².